The maximum Gasteiger partial charge on any atom is 0.417 e. The number of aldehydes is 1. The lowest BCUT2D eigenvalue weighted by atomic mass is 9.86. The molecular weight excluding hydrogens is 427 g/mol. The molecule has 0 radical (unpaired) electrons. The molecule has 3 rings (SSSR count). The van der Waals surface area contributed by atoms with Gasteiger partial charge >= 0.3 is 6.18 Å². The molecule has 174 valence electrons. The molecule has 2 N–H and O–H groups in total. The largest absolute Gasteiger partial charge is 0.417 e. The number of alkyl halides is 3. The van der Waals surface area contributed by atoms with Crippen LogP contribution in [0.5, 0.6) is 0 Å². The summed E-state index contributed by atoms with van der Waals surface area (Å²) < 4.78 is 40.9. The lowest BCUT2D eigenvalue weighted by Gasteiger charge is -2.36. The van der Waals surface area contributed by atoms with Crippen molar-refractivity contribution in [3.8, 4) is 0 Å². The fourth-order valence-electron chi connectivity index (χ4n) is 3.78. The van der Waals surface area contributed by atoms with E-state index in [0.717, 1.165) is 49.9 Å². The minimum Gasteiger partial charge on any atom is -0.387 e. The molecule has 0 spiro atoms. The molecule has 5 nitrogen and oxygen atoms in total. The van der Waals surface area contributed by atoms with Crippen LogP contribution in [0.25, 0.3) is 0 Å². The van der Waals surface area contributed by atoms with E-state index >= 15 is 0 Å². The Morgan fingerprint density at radius 1 is 1.29 bits per heavy atom. The SMILES string of the molecule is CC.CNc1cc(C(=O)N(C)[C@@H]2CCCNC2)c(C(F)(F)F)cc1SC1(C=O)CCC1. The van der Waals surface area contributed by atoms with Gasteiger partial charge in [0, 0.05) is 37.3 Å². The van der Waals surface area contributed by atoms with Crippen molar-refractivity contribution in [2.75, 3.05) is 32.5 Å². The van der Waals surface area contributed by atoms with Gasteiger partial charge in [0.05, 0.1) is 15.9 Å². The van der Waals surface area contributed by atoms with Crippen LogP contribution in [0.2, 0.25) is 0 Å². The predicted octanol–water partition coefficient (Wildman–Crippen LogP) is 4.81. The zero-order chi connectivity index (χ0) is 23.2. The Hall–Kier alpha value is -1.74. The molecule has 1 saturated carbocycles. The average Bonchev–Trinajstić information content (AvgIpc) is 2.76. The molecule has 1 heterocycles. The number of hydrogen-bond donors (Lipinski definition) is 2. The third-order valence-corrected chi connectivity index (χ3v) is 7.26. The van der Waals surface area contributed by atoms with Crippen LogP contribution in [0.4, 0.5) is 18.9 Å². The zero-order valence-corrected chi connectivity index (χ0v) is 19.4. The van der Waals surface area contributed by atoms with E-state index in [1.165, 1.54) is 11.0 Å². The summed E-state index contributed by atoms with van der Waals surface area (Å²) in [6.07, 6.45) is -0.0507. The molecule has 1 aromatic rings. The number of thioether (sulfide) groups is 1. The first-order chi connectivity index (χ1) is 14.7. The van der Waals surface area contributed by atoms with Gasteiger partial charge in [-0.2, -0.15) is 13.2 Å². The topological polar surface area (TPSA) is 61.4 Å². The van der Waals surface area contributed by atoms with Gasteiger partial charge < -0.3 is 20.3 Å². The second kappa shape index (κ2) is 10.7. The number of nitrogens with one attached hydrogen (secondary N) is 2. The third kappa shape index (κ3) is 5.74. The first kappa shape index (κ1) is 25.5. The number of nitrogens with zero attached hydrogens (tertiary/aromatic N) is 1. The van der Waals surface area contributed by atoms with E-state index < -0.39 is 22.4 Å². The van der Waals surface area contributed by atoms with Gasteiger partial charge in [0.2, 0.25) is 0 Å². The molecule has 0 aromatic heterocycles. The minimum absolute atomic E-state index is 0.141. The maximum atomic E-state index is 13.9. The van der Waals surface area contributed by atoms with Crippen LogP contribution in [-0.4, -0.2) is 55.1 Å². The van der Waals surface area contributed by atoms with Gasteiger partial charge in [0.25, 0.3) is 5.91 Å². The van der Waals surface area contributed by atoms with Gasteiger partial charge in [0.1, 0.15) is 6.29 Å². The molecule has 1 aromatic carbocycles. The minimum atomic E-state index is -4.67. The highest BCUT2D eigenvalue weighted by atomic mass is 32.2. The van der Waals surface area contributed by atoms with Crippen molar-refractivity contribution in [3.05, 3.63) is 23.3 Å². The molecule has 0 unspecified atom stereocenters. The maximum absolute atomic E-state index is 13.9. The van der Waals surface area contributed by atoms with E-state index in [4.69, 9.17) is 0 Å². The summed E-state index contributed by atoms with van der Waals surface area (Å²) in [4.78, 5) is 26.3. The van der Waals surface area contributed by atoms with Crippen molar-refractivity contribution in [1.29, 1.82) is 0 Å². The van der Waals surface area contributed by atoms with Crippen LogP contribution >= 0.6 is 11.8 Å². The lowest BCUT2D eigenvalue weighted by molar-refractivity contribution is -0.138. The Bertz CT molecular complexity index is 776. The summed E-state index contributed by atoms with van der Waals surface area (Å²) in [5.74, 6) is -0.646. The van der Waals surface area contributed by atoms with Crippen molar-refractivity contribution in [2.24, 2.45) is 0 Å². The lowest BCUT2D eigenvalue weighted by Crippen LogP contribution is -2.47. The third-order valence-electron chi connectivity index (χ3n) is 5.79. The number of rotatable bonds is 6. The molecule has 1 amide bonds. The molecule has 1 aliphatic carbocycles. The summed E-state index contributed by atoms with van der Waals surface area (Å²) in [5.41, 5.74) is -0.900. The highest BCUT2D eigenvalue weighted by molar-refractivity contribution is 8.01. The normalized spacial score (nSPS) is 20.0. The number of halogens is 3. The second-order valence-corrected chi connectivity index (χ2v) is 9.15. The van der Waals surface area contributed by atoms with Crippen molar-refractivity contribution in [1.82, 2.24) is 10.2 Å². The molecule has 2 fully saturated rings. The van der Waals surface area contributed by atoms with Crippen molar-refractivity contribution in [3.63, 3.8) is 0 Å². The number of amides is 1. The van der Waals surface area contributed by atoms with Crippen molar-refractivity contribution < 1.29 is 22.8 Å². The molecule has 2 aliphatic rings. The molecule has 31 heavy (non-hydrogen) atoms. The monoisotopic (exact) mass is 459 g/mol. The highest BCUT2D eigenvalue weighted by Crippen LogP contribution is 2.49. The Labute approximate surface area is 186 Å². The van der Waals surface area contributed by atoms with Crippen LogP contribution in [0.1, 0.15) is 61.9 Å². The average molecular weight is 460 g/mol. The Kier molecular flexibility index (Phi) is 8.83. The molecule has 1 atom stereocenters. The quantitative estimate of drug-likeness (QED) is 0.598. The van der Waals surface area contributed by atoms with Gasteiger partial charge in [-0.25, -0.2) is 0 Å². The molecule has 1 saturated heterocycles. The van der Waals surface area contributed by atoms with E-state index in [1.807, 2.05) is 13.8 Å². The smallest absolute Gasteiger partial charge is 0.387 e. The summed E-state index contributed by atoms with van der Waals surface area (Å²) in [6.45, 7) is 5.42. The molecule has 1 aliphatic heterocycles. The number of piperidine rings is 1. The first-order valence-electron chi connectivity index (χ1n) is 10.8. The van der Waals surface area contributed by atoms with Gasteiger partial charge in [-0.05, 0) is 50.8 Å². The van der Waals surface area contributed by atoms with E-state index in [0.29, 0.717) is 30.0 Å². The summed E-state index contributed by atoms with van der Waals surface area (Å²) in [5, 5.41) is 6.07. The number of benzene rings is 1. The number of anilines is 1. The fourth-order valence-corrected chi connectivity index (χ4v) is 5.21. The van der Waals surface area contributed by atoms with Crippen LogP contribution in [0, 0.1) is 0 Å². The van der Waals surface area contributed by atoms with Crippen LogP contribution in [-0.2, 0) is 11.0 Å². The summed E-state index contributed by atoms with van der Waals surface area (Å²) >= 11 is 1.15. The number of hydrogen-bond acceptors (Lipinski definition) is 5. The van der Waals surface area contributed by atoms with E-state index in [2.05, 4.69) is 10.6 Å². The van der Waals surface area contributed by atoms with Gasteiger partial charge in [0.15, 0.2) is 0 Å². The fraction of sp³-hybridized carbons (Fsp3) is 0.636. The first-order valence-corrected chi connectivity index (χ1v) is 11.6. The Balaban J connectivity index is 0.00000166. The molecule has 9 heteroatoms. The number of carbonyl (C=O) groups is 2. The number of likely N-dealkylation sites (N-methyl/N-ethyl adjacent to an activating group) is 1. The Morgan fingerprint density at radius 3 is 2.42 bits per heavy atom. The van der Waals surface area contributed by atoms with Crippen LogP contribution in [0.15, 0.2) is 17.0 Å². The van der Waals surface area contributed by atoms with Crippen molar-refractivity contribution in [2.45, 2.75) is 67.8 Å². The predicted molar refractivity (Wildman–Crippen MR) is 119 cm³/mol. The highest BCUT2D eigenvalue weighted by Gasteiger charge is 2.41. The second-order valence-electron chi connectivity index (χ2n) is 7.70. The zero-order valence-electron chi connectivity index (χ0n) is 18.6. The standard InChI is InChI=1S/C20H26F3N3O2S.C2H6/c1-24-16-9-14(18(28)26(2)13-5-3-8-25-11-13)15(20(21,22)23)10-17(16)29-19(12-27)6-4-7-19;1-2/h9-10,12-13,24-25H,3-8,11H2,1-2H3;1-2H3/t13-;/m1./s1. The summed E-state index contributed by atoms with van der Waals surface area (Å²) in [6, 6.07) is 2.15. The van der Waals surface area contributed by atoms with Crippen molar-refractivity contribution >= 4 is 29.6 Å². The van der Waals surface area contributed by atoms with Crippen LogP contribution < -0.4 is 10.6 Å². The van der Waals surface area contributed by atoms with E-state index in [9.17, 15) is 22.8 Å². The molecule has 0 bridgehead atoms. The van der Waals surface area contributed by atoms with Gasteiger partial charge in [-0.3, -0.25) is 4.79 Å². The summed E-state index contributed by atoms with van der Waals surface area (Å²) in [7, 11) is 3.15. The van der Waals surface area contributed by atoms with Crippen LogP contribution in [0.3, 0.4) is 0 Å². The van der Waals surface area contributed by atoms with Gasteiger partial charge in [-0.15, -0.1) is 11.8 Å². The van der Waals surface area contributed by atoms with E-state index in [1.54, 1.807) is 14.1 Å². The molecular formula is C22H32F3N3O2S. The van der Waals surface area contributed by atoms with Gasteiger partial charge in [-0.1, -0.05) is 13.8 Å². The Morgan fingerprint density at radius 2 is 1.97 bits per heavy atom. The van der Waals surface area contributed by atoms with E-state index in [-0.39, 0.29) is 11.6 Å². The number of carbonyl (C=O) groups excluding carboxylic acids is 2.